The zero-order chi connectivity index (χ0) is 31.3. The van der Waals surface area contributed by atoms with Gasteiger partial charge in [-0.15, -0.1) is 0 Å². The van der Waals surface area contributed by atoms with Crippen LogP contribution >= 0.6 is 0 Å². The number of ketones is 1. The van der Waals surface area contributed by atoms with Gasteiger partial charge >= 0.3 is 5.97 Å². The Morgan fingerprint density at radius 3 is 2.44 bits per heavy atom. The minimum atomic E-state index is -0.793. The van der Waals surface area contributed by atoms with E-state index in [1.54, 1.807) is 13.0 Å². The normalized spacial score (nSPS) is 38.6. The first kappa shape index (κ1) is 33.5. The molecule has 3 heterocycles. The van der Waals surface area contributed by atoms with Gasteiger partial charge in [-0.1, -0.05) is 30.7 Å². The molecule has 0 radical (unpaired) electrons. The van der Waals surface area contributed by atoms with Gasteiger partial charge in [0.1, 0.15) is 29.7 Å². The molecule has 3 saturated heterocycles. The van der Waals surface area contributed by atoms with Gasteiger partial charge < -0.3 is 34.5 Å². The van der Waals surface area contributed by atoms with E-state index < -0.39 is 29.9 Å². The molecule has 1 saturated carbocycles. The molecule has 0 aromatic heterocycles. The van der Waals surface area contributed by atoms with Gasteiger partial charge in [-0.2, -0.15) is 0 Å². The van der Waals surface area contributed by atoms with Crippen molar-refractivity contribution in [1.82, 2.24) is 5.32 Å². The Bertz CT molecular complexity index is 1090. The van der Waals surface area contributed by atoms with Crippen LogP contribution in [-0.4, -0.2) is 88.9 Å². The van der Waals surface area contributed by atoms with E-state index in [9.17, 15) is 24.6 Å². The van der Waals surface area contributed by atoms with Crippen molar-refractivity contribution in [3.8, 4) is 0 Å². The smallest absolute Gasteiger partial charge is 0.303 e. The largest absolute Gasteiger partial charge is 0.459 e. The number of hydrogen-bond acceptors (Lipinski definition) is 9. The third kappa shape index (κ3) is 9.56. The SMILES string of the molecule is CC(=O)O[C@@H](C)/C=C\C(=O)N[C@@H]1C[C@H](C)[C@H](C/C=C(C)/C=C/[C@H]2O[C@H](CC(=O)CC3CC(O)C3)C[C@@]3(CO3)[C@@H]2O)O[C@@H]1C. The standard InChI is InChI=1S/C33H49NO9/c1-19(6-9-29-20(2)12-28(22(4)42-29)34-31(38)11-8-21(3)41-23(5)35)7-10-30-32(39)33(18-40-33)17-27(43-30)16-26(37)15-24-13-25(36)14-24/h6-8,10-11,20-22,24-25,27-30,32,36,39H,9,12-18H2,1-5H3,(H,34,38)/b10-7+,11-8-,19-6+/t20-,21-,22+,24?,25?,27+,28+,29-,30+,32+,33+/m0/s1. The lowest BCUT2D eigenvalue weighted by molar-refractivity contribution is -0.145. The average Bonchev–Trinajstić information content (AvgIpc) is 3.68. The molecule has 0 aromatic rings. The van der Waals surface area contributed by atoms with Gasteiger partial charge in [-0.3, -0.25) is 14.4 Å². The fraction of sp³-hybridized carbons (Fsp3) is 0.727. The molecule has 4 fully saturated rings. The number of carbonyl (C=O) groups excluding carboxylic acids is 3. The van der Waals surface area contributed by atoms with Gasteiger partial charge in [0, 0.05) is 32.3 Å². The second-order valence-corrected chi connectivity index (χ2v) is 13.1. The summed E-state index contributed by atoms with van der Waals surface area (Å²) in [6.45, 7) is 9.56. The number of aliphatic hydroxyl groups is 2. The second-order valence-electron chi connectivity index (χ2n) is 13.1. The molecule has 4 rings (SSSR count). The molecule has 0 bridgehead atoms. The van der Waals surface area contributed by atoms with Crippen LogP contribution in [0.3, 0.4) is 0 Å². The van der Waals surface area contributed by atoms with Crippen molar-refractivity contribution in [2.45, 2.75) is 134 Å². The number of ether oxygens (including phenoxy) is 4. The highest BCUT2D eigenvalue weighted by molar-refractivity contribution is 5.87. The molecule has 3 aliphatic heterocycles. The maximum Gasteiger partial charge on any atom is 0.303 e. The Morgan fingerprint density at radius 2 is 1.79 bits per heavy atom. The van der Waals surface area contributed by atoms with Gasteiger partial charge in [-0.25, -0.2) is 0 Å². The van der Waals surface area contributed by atoms with Crippen molar-refractivity contribution >= 4 is 17.7 Å². The number of esters is 1. The van der Waals surface area contributed by atoms with Crippen LogP contribution in [0, 0.1) is 11.8 Å². The van der Waals surface area contributed by atoms with Crippen LogP contribution in [0.4, 0.5) is 0 Å². The number of epoxide rings is 1. The van der Waals surface area contributed by atoms with Crippen molar-refractivity contribution < 1.29 is 43.5 Å². The molecule has 43 heavy (non-hydrogen) atoms. The fourth-order valence-electron chi connectivity index (χ4n) is 6.41. The monoisotopic (exact) mass is 603 g/mol. The first-order valence-electron chi connectivity index (χ1n) is 15.7. The summed E-state index contributed by atoms with van der Waals surface area (Å²) in [5.41, 5.74) is 0.376. The lowest BCUT2D eigenvalue weighted by Crippen LogP contribution is -2.50. The zero-order valence-electron chi connectivity index (χ0n) is 26.1. The van der Waals surface area contributed by atoms with E-state index >= 15 is 0 Å². The number of amides is 1. The van der Waals surface area contributed by atoms with Crippen LogP contribution < -0.4 is 5.32 Å². The summed E-state index contributed by atoms with van der Waals surface area (Å²) in [4.78, 5) is 36.0. The second kappa shape index (κ2) is 14.6. The minimum Gasteiger partial charge on any atom is -0.459 e. The molecule has 0 unspecified atom stereocenters. The lowest BCUT2D eigenvalue weighted by Gasteiger charge is -2.39. The molecule has 10 nitrogen and oxygen atoms in total. The summed E-state index contributed by atoms with van der Waals surface area (Å²) in [6, 6.07) is -0.126. The maximum atomic E-state index is 12.6. The highest BCUT2D eigenvalue weighted by atomic mass is 16.6. The Kier molecular flexibility index (Phi) is 11.4. The Morgan fingerprint density at radius 1 is 1.07 bits per heavy atom. The molecule has 3 N–H and O–H groups in total. The predicted molar refractivity (Wildman–Crippen MR) is 159 cm³/mol. The van der Waals surface area contributed by atoms with Gasteiger partial charge in [0.25, 0.3) is 0 Å². The summed E-state index contributed by atoms with van der Waals surface area (Å²) >= 11 is 0. The Hall–Kier alpha value is -2.37. The first-order chi connectivity index (χ1) is 20.3. The summed E-state index contributed by atoms with van der Waals surface area (Å²) in [5, 5.41) is 23.4. The summed E-state index contributed by atoms with van der Waals surface area (Å²) in [6.07, 6.45) is 10.4. The average molecular weight is 604 g/mol. The van der Waals surface area contributed by atoms with E-state index in [2.05, 4.69) is 18.3 Å². The minimum absolute atomic E-state index is 0.00198. The molecule has 4 aliphatic rings. The van der Waals surface area contributed by atoms with Crippen LogP contribution in [0.1, 0.15) is 79.6 Å². The lowest BCUT2D eigenvalue weighted by atomic mass is 9.78. The highest BCUT2D eigenvalue weighted by Gasteiger charge is 2.58. The molecule has 10 heteroatoms. The van der Waals surface area contributed by atoms with Crippen LogP contribution in [-0.2, 0) is 33.3 Å². The van der Waals surface area contributed by atoms with Gasteiger partial charge in [0.2, 0.25) is 5.91 Å². The number of aliphatic hydroxyl groups excluding tert-OH is 2. The summed E-state index contributed by atoms with van der Waals surface area (Å²) in [7, 11) is 0. The van der Waals surface area contributed by atoms with E-state index in [1.165, 1.54) is 13.0 Å². The summed E-state index contributed by atoms with van der Waals surface area (Å²) in [5.74, 6) is -0.0275. The molecule has 1 aliphatic carbocycles. The number of carbonyl (C=O) groups is 3. The van der Waals surface area contributed by atoms with E-state index in [-0.39, 0.29) is 54.0 Å². The molecule has 240 valence electrons. The molecule has 0 aromatic carbocycles. The summed E-state index contributed by atoms with van der Waals surface area (Å²) < 4.78 is 23.1. The van der Waals surface area contributed by atoms with E-state index in [0.717, 1.165) is 12.0 Å². The van der Waals surface area contributed by atoms with Crippen molar-refractivity contribution in [2.24, 2.45) is 11.8 Å². The predicted octanol–water partition coefficient (Wildman–Crippen LogP) is 3.09. The third-order valence-electron chi connectivity index (χ3n) is 9.11. The maximum absolute atomic E-state index is 12.6. The van der Waals surface area contributed by atoms with E-state index in [1.807, 2.05) is 26.0 Å². The number of hydrogen-bond donors (Lipinski definition) is 3. The highest BCUT2D eigenvalue weighted by Crippen LogP contribution is 2.44. The number of Topliss-reactive ketones (excluding diaryl/α,β-unsaturated/α-hetero) is 1. The Labute approximate surface area is 254 Å². The molecular weight excluding hydrogens is 554 g/mol. The number of allylic oxidation sites excluding steroid dienone is 2. The van der Waals surface area contributed by atoms with Gasteiger partial charge in [-0.05, 0) is 64.4 Å². The van der Waals surface area contributed by atoms with E-state index in [0.29, 0.717) is 45.1 Å². The third-order valence-corrected chi connectivity index (χ3v) is 9.11. The van der Waals surface area contributed by atoms with Crippen molar-refractivity contribution in [3.63, 3.8) is 0 Å². The van der Waals surface area contributed by atoms with Crippen LogP contribution in [0.5, 0.6) is 0 Å². The van der Waals surface area contributed by atoms with Crippen molar-refractivity contribution in [1.29, 1.82) is 0 Å². The topological polar surface area (TPSA) is 144 Å². The molecular formula is C33H49NO9. The molecule has 9 atom stereocenters. The Balaban J connectivity index is 1.24. The zero-order valence-corrected chi connectivity index (χ0v) is 26.1. The quantitative estimate of drug-likeness (QED) is 0.133. The number of nitrogens with one attached hydrogen (secondary N) is 1. The molecule has 1 amide bonds. The van der Waals surface area contributed by atoms with Gasteiger partial charge in [0.15, 0.2) is 0 Å². The number of rotatable bonds is 12. The fourth-order valence-corrected chi connectivity index (χ4v) is 6.41. The van der Waals surface area contributed by atoms with Crippen molar-refractivity contribution in [3.05, 3.63) is 36.0 Å². The first-order valence-corrected chi connectivity index (χ1v) is 15.7. The van der Waals surface area contributed by atoms with Crippen LogP contribution in [0.15, 0.2) is 36.0 Å². The van der Waals surface area contributed by atoms with Crippen LogP contribution in [0.25, 0.3) is 0 Å². The van der Waals surface area contributed by atoms with Crippen molar-refractivity contribution in [2.75, 3.05) is 6.61 Å². The van der Waals surface area contributed by atoms with Gasteiger partial charge in [0.05, 0.1) is 37.1 Å². The van der Waals surface area contributed by atoms with Crippen LogP contribution in [0.2, 0.25) is 0 Å². The molecule has 1 spiro atoms. The van der Waals surface area contributed by atoms with E-state index in [4.69, 9.17) is 18.9 Å².